The van der Waals surface area contributed by atoms with Crippen LogP contribution in [-0.4, -0.2) is 9.78 Å². The summed E-state index contributed by atoms with van der Waals surface area (Å²) in [6, 6.07) is 8.63. The van der Waals surface area contributed by atoms with Gasteiger partial charge in [0.05, 0.1) is 11.9 Å². The van der Waals surface area contributed by atoms with E-state index in [2.05, 4.69) is 64.5 Å². The third-order valence-corrected chi connectivity index (χ3v) is 3.24. The predicted octanol–water partition coefficient (Wildman–Crippen LogP) is 3.84. The molecule has 0 saturated carbocycles. The monoisotopic (exact) mass is 293 g/mol. The van der Waals surface area contributed by atoms with E-state index in [4.69, 9.17) is 0 Å². The fraction of sp³-hybridized carbons (Fsp3) is 0.308. The number of aromatic nitrogens is 2. The molecule has 1 aromatic carbocycles. The zero-order valence-electron chi connectivity index (χ0n) is 10.0. The highest BCUT2D eigenvalue weighted by Crippen LogP contribution is 2.20. The standard InChI is InChI=1S/C13H16BrN3/c1-3-17-9-13(8-15-17)16-10(2)11-4-6-12(14)7-5-11/h4-10,16H,3H2,1-2H3. The van der Waals surface area contributed by atoms with Crippen molar-refractivity contribution in [3.63, 3.8) is 0 Å². The second-order valence-corrected chi connectivity index (χ2v) is 4.92. The van der Waals surface area contributed by atoms with Crippen LogP contribution in [-0.2, 0) is 6.54 Å². The Hall–Kier alpha value is -1.29. The Balaban J connectivity index is 2.05. The molecule has 2 rings (SSSR count). The van der Waals surface area contributed by atoms with Crippen molar-refractivity contribution in [1.29, 1.82) is 0 Å². The number of anilines is 1. The van der Waals surface area contributed by atoms with Gasteiger partial charge in [0.25, 0.3) is 0 Å². The van der Waals surface area contributed by atoms with Crippen LogP contribution in [0, 0.1) is 0 Å². The SMILES string of the molecule is CCn1cc(NC(C)c2ccc(Br)cc2)cn1. The second-order valence-electron chi connectivity index (χ2n) is 4.00. The molecule has 0 amide bonds. The van der Waals surface area contributed by atoms with Gasteiger partial charge >= 0.3 is 0 Å². The molecule has 1 N–H and O–H groups in total. The molecule has 3 nitrogen and oxygen atoms in total. The smallest absolute Gasteiger partial charge is 0.0731 e. The van der Waals surface area contributed by atoms with Gasteiger partial charge in [-0.25, -0.2) is 0 Å². The first-order chi connectivity index (χ1) is 8.19. The van der Waals surface area contributed by atoms with Crippen molar-refractivity contribution in [2.75, 3.05) is 5.32 Å². The van der Waals surface area contributed by atoms with Gasteiger partial charge in [-0.3, -0.25) is 4.68 Å². The Morgan fingerprint density at radius 1 is 1.35 bits per heavy atom. The molecule has 0 fully saturated rings. The van der Waals surface area contributed by atoms with Crippen LogP contribution < -0.4 is 5.32 Å². The molecule has 0 aliphatic heterocycles. The third kappa shape index (κ3) is 3.09. The van der Waals surface area contributed by atoms with Gasteiger partial charge in [0.2, 0.25) is 0 Å². The number of aryl methyl sites for hydroxylation is 1. The summed E-state index contributed by atoms with van der Waals surface area (Å²) in [6.07, 6.45) is 3.88. The molecule has 4 heteroatoms. The highest BCUT2D eigenvalue weighted by atomic mass is 79.9. The van der Waals surface area contributed by atoms with E-state index in [1.165, 1.54) is 5.56 Å². The molecule has 1 aromatic heterocycles. The first-order valence-corrected chi connectivity index (χ1v) is 6.53. The van der Waals surface area contributed by atoms with Crippen LogP contribution in [0.1, 0.15) is 25.5 Å². The maximum Gasteiger partial charge on any atom is 0.0731 e. The number of halogens is 1. The summed E-state index contributed by atoms with van der Waals surface area (Å²) in [7, 11) is 0. The lowest BCUT2D eigenvalue weighted by atomic mass is 10.1. The molecular formula is C13H16BrN3. The summed E-state index contributed by atoms with van der Waals surface area (Å²) < 4.78 is 3.02. The van der Waals surface area contributed by atoms with E-state index in [1.54, 1.807) is 0 Å². The summed E-state index contributed by atoms with van der Waals surface area (Å²) in [6.45, 7) is 5.12. The average Bonchev–Trinajstić information content (AvgIpc) is 2.77. The lowest BCUT2D eigenvalue weighted by Crippen LogP contribution is -2.05. The van der Waals surface area contributed by atoms with Crippen molar-refractivity contribution in [2.24, 2.45) is 0 Å². The number of hydrogen-bond donors (Lipinski definition) is 1. The van der Waals surface area contributed by atoms with Crippen molar-refractivity contribution in [3.05, 3.63) is 46.7 Å². The largest absolute Gasteiger partial charge is 0.376 e. The fourth-order valence-corrected chi connectivity index (χ4v) is 1.96. The van der Waals surface area contributed by atoms with Gasteiger partial charge < -0.3 is 5.32 Å². The molecule has 0 aliphatic carbocycles. The lowest BCUT2D eigenvalue weighted by Gasteiger charge is -2.14. The van der Waals surface area contributed by atoms with Crippen molar-refractivity contribution in [1.82, 2.24) is 9.78 Å². The van der Waals surface area contributed by atoms with E-state index in [-0.39, 0.29) is 6.04 Å². The Kier molecular flexibility index (Phi) is 3.84. The normalized spacial score (nSPS) is 12.4. The van der Waals surface area contributed by atoms with Gasteiger partial charge in [-0.05, 0) is 31.5 Å². The first-order valence-electron chi connectivity index (χ1n) is 5.73. The minimum Gasteiger partial charge on any atom is -0.376 e. The third-order valence-electron chi connectivity index (χ3n) is 2.71. The number of rotatable bonds is 4. The fourth-order valence-electron chi connectivity index (χ4n) is 1.70. The maximum absolute atomic E-state index is 4.24. The van der Waals surface area contributed by atoms with Crippen molar-refractivity contribution >= 4 is 21.6 Å². The van der Waals surface area contributed by atoms with Gasteiger partial charge in [0.15, 0.2) is 0 Å². The number of nitrogens with zero attached hydrogens (tertiary/aromatic N) is 2. The number of benzene rings is 1. The van der Waals surface area contributed by atoms with Gasteiger partial charge in [-0.1, -0.05) is 28.1 Å². The van der Waals surface area contributed by atoms with E-state index < -0.39 is 0 Å². The summed E-state index contributed by atoms with van der Waals surface area (Å²) in [5.41, 5.74) is 2.32. The van der Waals surface area contributed by atoms with Crippen LogP contribution in [0.3, 0.4) is 0 Å². The molecule has 90 valence electrons. The zero-order valence-corrected chi connectivity index (χ0v) is 11.6. The molecule has 0 aliphatic rings. The second kappa shape index (κ2) is 5.36. The molecule has 2 aromatic rings. The molecule has 1 unspecified atom stereocenters. The van der Waals surface area contributed by atoms with Gasteiger partial charge in [0.1, 0.15) is 0 Å². The maximum atomic E-state index is 4.24. The van der Waals surface area contributed by atoms with Crippen molar-refractivity contribution in [2.45, 2.75) is 26.4 Å². The molecule has 1 atom stereocenters. The van der Waals surface area contributed by atoms with Crippen LogP contribution in [0.4, 0.5) is 5.69 Å². The molecular weight excluding hydrogens is 278 g/mol. The van der Waals surface area contributed by atoms with Crippen molar-refractivity contribution in [3.8, 4) is 0 Å². The van der Waals surface area contributed by atoms with Crippen LogP contribution in [0.2, 0.25) is 0 Å². The van der Waals surface area contributed by atoms with Crippen molar-refractivity contribution < 1.29 is 0 Å². The molecule has 1 heterocycles. The van der Waals surface area contributed by atoms with E-state index >= 15 is 0 Å². The molecule has 0 saturated heterocycles. The Labute approximate surface area is 110 Å². The van der Waals surface area contributed by atoms with E-state index in [0.29, 0.717) is 0 Å². The minimum atomic E-state index is 0.276. The van der Waals surface area contributed by atoms with Crippen LogP contribution in [0.5, 0.6) is 0 Å². The number of hydrogen-bond acceptors (Lipinski definition) is 2. The summed E-state index contributed by atoms with van der Waals surface area (Å²) >= 11 is 3.44. The van der Waals surface area contributed by atoms with Crippen LogP contribution in [0.15, 0.2) is 41.1 Å². The summed E-state index contributed by atoms with van der Waals surface area (Å²) in [5, 5.41) is 7.68. The topological polar surface area (TPSA) is 29.9 Å². The highest BCUT2D eigenvalue weighted by Gasteiger charge is 2.06. The quantitative estimate of drug-likeness (QED) is 0.928. The van der Waals surface area contributed by atoms with Gasteiger partial charge in [0, 0.05) is 23.3 Å². The highest BCUT2D eigenvalue weighted by molar-refractivity contribution is 9.10. The van der Waals surface area contributed by atoms with E-state index in [0.717, 1.165) is 16.7 Å². The molecule has 17 heavy (non-hydrogen) atoms. The first kappa shape index (κ1) is 12.2. The molecule has 0 bridgehead atoms. The molecule has 0 spiro atoms. The lowest BCUT2D eigenvalue weighted by molar-refractivity contribution is 0.660. The van der Waals surface area contributed by atoms with Gasteiger partial charge in [-0.2, -0.15) is 5.10 Å². The average molecular weight is 294 g/mol. The Morgan fingerprint density at radius 2 is 2.06 bits per heavy atom. The zero-order chi connectivity index (χ0) is 12.3. The molecule has 0 radical (unpaired) electrons. The minimum absolute atomic E-state index is 0.276. The van der Waals surface area contributed by atoms with Crippen LogP contribution >= 0.6 is 15.9 Å². The summed E-state index contributed by atoms with van der Waals surface area (Å²) in [5.74, 6) is 0. The van der Waals surface area contributed by atoms with E-state index in [1.807, 2.05) is 17.1 Å². The van der Waals surface area contributed by atoms with Gasteiger partial charge in [-0.15, -0.1) is 0 Å². The predicted molar refractivity (Wildman–Crippen MR) is 74.1 cm³/mol. The number of nitrogens with one attached hydrogen (secondary N) is 1. The van der Waals surface area contributed by atoms with Crippen LogP contribution in [0.25, 0.3) is 0 Å². The Bertz CT molecular complexity index is 476. The van der Waals surface area contributed by atoms with E-state index in [9.17, 15) is 0 Å². The Morgan fingerprint density at radius 3 is 2.65 bits per heavy atom. The summed E-state index contributed by atoms with van der Waals surface area (Å²) in [4.78, 5) is 0.